The van der Waals surface area contributed by atoms with Gasteiger partial charge in [0.15, 0.2) is 0 Å². The van der Waals surface area contributed by atoms with Crippen LogP contribution in [0.1, 0.15) is 22.8 Å². The molecule has 0 saturated carbocycles. The third kappa shape index (κ3) is 3.74. The van der Waals surface area contributed by atoms with Crippen molar-refractivity contribution in [3.63, 3.8) is 0 Å². The molecule has 25 heavy (non-hydrogen) atoms. The highest BCUT2D eigenvalue weighted by Gasteiger charge is 2.07. The predicted molar refractivity (Wildman–Crippen MR) is 95.2 cm³/mol. The Morgan fingerprint density at radius 2 is 2.08 bits per heavy atom. The number of hydrogen-bond acceptors (Lipinski definition) is 5. The fraction of sp³-hybridized carbons (Fsp3) is 0.105. The Balaban J connectivity index is 1.75. The molecule has 2 aromatic carbocycles. The summed E-state index contributed by atoms with van der Waals surface area (Å²) in [6.45, 7) is 2.38. The molecule has 6 heteroatoms. The third-order valence-corrected chi connectivity index (χ3v) is 3.48. The third-order valence-electron chi connectivity index (χ3n) is 3.48. The number of amides is 1. The number of ether oxygens (including phenoxy) is 1. The zero-order valence-corrected chi connectivity index (χ0v) is 13.6. The van der Waals surface area contributed by atoms with E-state index in [1.165, 1.54) is 12.5 Å². The molecule has 0 radical (unpaired) electrons. The first-order valence-electron chi connectivity index (χ1n) is 7.76. The van der Waals surface area contributed by atoms with Gasteiger partial charge in [-0.3, -0.25) is 9.59 Å². The van der Waals surface area contributed by atoms with Crippen LogP contribution in [0, 0.1) is 0 Å². The standard InChI is InChI=1S/C19H16N2O4/c1-2-24-15-7-5-6-13(10-15)19(23)21-20-11-14-12-25-17-9-4-3-8-16(17)18(14)22/h3-12H,2H2,1H3,(H,21,23). The van der Waals surface area contributed by atoms with Crippen LogP contribution in [0.15, 0.2) is 69.1 Å². The Labute approximate surface area is 143 Å². The summed E-state index contributed by atoms with van der Waals surface area (Å²) in [5.74, 6) is 0.206. The van der Waals surface area contributed by atoms with Gasteiger partial charge in [-0.2, -0.15) is 5.10 Å². The molecule has 0 aliphatic carbocycles. The van der Waals surface area contributed by atoms with Crippen LogP contribution in [0.2, 0.25) is 0 Å². The van der Waals surface area contributed by atoms with Gasteiger partial charge in [-0.1, -0.05) is 18.2 Å². The summed E-state index contributed by atoms with van der Waals surface area (Å²) >= 11 is 0. The molecule has 1 aromatic heterocycles. The van der Waals surface area contributed by atoms with Gasteiger partial charge in [0.05, 0.1) is 23.8 Å². The smallest absolute Gasteiger partial charge is 0.271 e. The number of nitrogens with one attached hydrogen (secondary N) is 1. The lowest BCUT2D eigenvalue weighted by Gasteiger charge is -2.04. The van der Waals surface area contributed by atoms with Crippen LogP contribution in [-0.2, 0) is 0 Å². The van der Waals surface area contributed by atoms with Crippen LogP contribution in [-0.4, -0.2) is 18.7 Å². The lowest BCUT2D eigenvalue weighted by atomic mass is 10.2. The number of nitrogens with zero attached hydrogens (tertiary/aromatic N) is 1. The lowest BCUT2D eigenvalue weighted by molar-refractivity contribution is 0.0954. The second kappa shape index (κ2) is 7.44. The van der Waals surface area contributed by atoms with E-state index in [1.807, 2.05) is 6.92 Å². The van der Waals surface area contributed by atoms with E-state index in [0.29, 0.717) is 28.9 Å². The Kier molecular flexibility index (Phi) is 4.89. The van der Waals surface area contributed by atoms with Crippen molar-refractivity contribution in [3.8, 4) is 5.75 Å². The van der Waals surface area contributed by atoms with Gasteiger partial charge in [0.1, 0.15) is 17.6 Å². The minimum absolute atomic E-state index is 0.210. The summed E-state index contributed by atoms with van der Waals surface area (Å²) in [7, 11) is 0. The summed E-state index contributed by atoms with van der Waals surface area (Å²) in [5.41, 5.74) is 3.34. The van der Waals surface area contributed by atoms with Crippen molar-refractivity contribution in [2.24, 2.45) is 5.10 Å². The number of benzene rings is 2. The van der Waals surface area contributed by atoms with Crippen LogP contribution in [0.25, 0.3) is 11.0 Å². The quantitative estimate of drug-likeness (QED) is 0.574. The van der Waals surface area contributed by atoms with Crippen molar-refractivity contribution in [2.45, 2.75) is 6.92 Å². The Morgan fingerprint density at radius 3 is 2.92 bits per heavy atom. The van der Waals surface area contributed by atoms with E-state index in [0.717, 1.165) is 0 Å². The van der Waals surface area contributed by atoms with Crippen molar-refractivity contribution in [3.05, 3.63) is 76.1 Å². The molecule has 1 heterocycles. The van der Waals surface area contributed by atoms with E-state index in [9.17, 15) is 9.59 Å². The molecule has 0 unspecified atom stereocenters. The van der Waals surface area contributed by atoms with Crippen LogP contribution in [0.3, 0.4) is 0 Å². The fourth-order valence-electron chi connectivity index (χ4n) is 2.30. The van der Waals surface area contributed by atoms with Gasteiger partial charge in [-0.05, 0) is 37.3 Å². The molecule has 0 atom stereocenters. The summed E-state index contributed by atoms with van der Waals surface area (Å²) in [6.07, 6.45) is 2.58. The molecular formula is C19H16N2O4. The van der Waals surface area contributed by atoms with Crippen LogP contribution >= 0.6 is 0 Å². The van der Waals surface area contributed by atoms with Crippen molar-refractivity contribution in [1.82, 2.24) is 5.43 Å². The number of fused-ring (bicyclic) bond motifs is 1. The average molecular weight is 336 g/mol. The van der Waals surface area contributed by atoms with Gasteiger partial charge >= 0.3 is 0 Å². The maximum absolute atomic E-state index is 12.3. The monoisotopic (exact) mass is 336 g/mol. The largest absolute Gasteiger partial charge is 0.494 e. The maximum atomic E-state index is 12.3. The number of carbonyl (C=O) groups excluding carboxylic acids is 1. The Morgan fingerprint density at radius 1 is 1.24 bits per heavy atom. The zero-order valence-electron chi connectivity index (χ0n) is 13.6. The number of carbonyl (C=O) groups is 1. The number of para-hydroxylation sites is 1. The molecule has 0 aliphatic rings. The first kappa shape index (κ1) is 16.4. The summed E-state index contributed by atoms with van der Waals surface area (Å²) in [6, 6.07) is 13.7. The van der Waals surface area contributed by atoms with Gasteiger partial charge in [-0.15, -0.1) is 0 Å². The van der Waals surface area contributed by atoms with Gasteiger partial charge in [0.2, 0.25) is 5.43 Å². The number of hydrazone groups is 1. The van der Waals surface area contributed by atoms with Crippen molar-refractivity contribution in [1.29, 1.82) is 0 Å². The normalized spacial score (nSPS) is 10.9. The molecule has 1 amide bonds. The minimum Gasteiger partial charge on any atom is -0.494 e. The highest BCUT2D eigenvalue weighted by Crippen LogP contribution is 2.13. The number of hydrogen-bond donors (Lipinski definition) is 1. The van der Waals surface area contributed by atoms with Gasteiger partial charge < -0.3 is 9.15 Å². The molecule has 0 aliphatic heterocycles. The van der Waals surface area contributed by atoms with E-state index in [-0.39, 0.29) is 11.0 Å². The van der Waals surface area contributed by atoms with Gasteiger partial charge in [-0.25, -0.2) is 5.43 Å². The number of rotatable bonds is 5. The Hall–Kier alpha value is -3.41. The van der Waals surface area contributed by atoms with E-state index in [2.05, 4.69) is 10.5 Å². The van der Waals surface area contributed by atoms with Crippen LogP contribution < -0.4 is 15.6 Å². The lowest BCUT2D eigenvalue weighted by Crippen LogP contribution is -2.18. The molecule has 6 nitrogen and oxygen atoms in total. The van der Waals surface area contributed by atoms with Gasteiger partial charge in [0, 0.05) is 5.56 Å². The molecule has 126 valence electrons. The second-order valence-electron chi connectivity index (χ2n) is 5.18. The molecule has 3 rings (SSSR count). The molecule has 0 bridgehead atoms. The second-order valence-corrected chi connectivity index (χ2v) is 5.18. The van der Waals surface area contributed by atoms with Gasteiger partial charge in [0.25, 0.3) is 5.91 Å². The summed E-state index contributed by atoms with van der Waals surface area (Å²) in [4.78, 5) is 24.4. The summed E-state index contributed by atoms with van der Waals surface area (Å²) < 4.78 is 10.7. The van der Waals surface area contributed by atoms with Crippen LogP contribution in [0.4, 0.5) is 0 Å². The zero-order chi connectivity index (χ0) is 17.6. The average Bonchev–Trinajstić information content (AvgIpc) is 2.64. The first-order valence-corrected chi connectivity index (χ1v) is 7.76. The molecule has 0 spiro atoms. The van der Waals surface area contributed by atoms with E-state index < -0.39 is 5.91 Å². The summed E-state index contributed by atoms with van der Waals surface area (Å²) in [5, 5.41) is 4.30. The molecule has 0 fully saturated rings. The van der Waals surface area contributed by atoms with E-state index >= 15 is 0 Å². The fourth-order valence-corrected chi connectivity index (χ4v) is 2.30. The molecule has 1 N–H and O–H groups in total. The topological polar surface area (TPSA) is 80.9 Å². The molecule has 3 aromatic rings. The van der Waals surface area contributed by atoms with Crippen molar-refractivity contribution in [2.75, 3.05) is 6.61 Å². The van der Waals surface area contributed by atoms with Crippen LogP contribution in [0.5, 0.6) is 5.75 Å². The van der Waals surface area contributed by atoms with Crippen molar-refractivity contribution >= 4 is 23.1 Å². The highest BCUT2D eigenvalue weighted by atomic mass is 16.5. The first-order chi connectivity index (χ1) is 12.2. The minimum atomic E-state index is -0.400. The molecular weight excluding hydrogens is 320 g/mol. The van der Waals surface area contributed by atoms with E-state index in [4.69, 9.17) is 9.15 Å². The predicted octanol–water partition coefficient (Wildman–Crippen LogP) is 2.96. The Bertz CT molecular complexity index is 992. The SMILES string of the molecule is CCOc1cccc(C(=O)NN=Cc2coc3ccccc3c2=O)c1. The molecule has 0 saturated heterocycles. The van der Waals surface area contributed by atoms with E-state index in [1.54, 1.807) is 48.5 Å². The maximum Gasteiger partial charge on any atom is 0.271 e. The highest BCUT2D eigenvalue weighted by molar-refractivity contribution is 5.95. The van der Waals surface area contributed by atoms with Crippen molar-refractivity contribution < 1.29 is 13.9 Å².